The third kappa shape index (κ3) is 5.11. The van der Waals surface area contributed by atoms with Gasteiger partial charge in [0.05, 0.1) is 36.6 Å². The van der Waals surface area contributed by atoms with E-state index in [4.69, 9.17) is 23.8 Å². The number of ether oxygens (including phenoxy) is 3. The van der Waals surface area contributed by atoms with Crippen molar-refractivity contribution in [2.24, 2.45) is 50.7 Å². The van der Waals surface area contributed by atoms with Crippen molar-refractivity contribution in [2.45, 2.75) is 156 Å². The number of carbonyl (C=O) groups excluding carboxylic acids is 2. The average Bonchev–Trinajstić information content (AvgIpc) is 3.63. The summed E-state index contributed by atoms with van der Waals surface area (Å²) in [7, 11) is 0. The fourth-order valence-electron chi connectivity index (χ4n) is 13.7. The molecule has 268 valence electrons. The lowest BCUT2D eigenvalue weighted by Crippen LogP contribution is -2.60. The first-order valence-corrected chi connectivity index (χ1v) is 18.7. The van der Waals surface area contributed by atoms with Gasteiger partial charge < -0.3 is 29.5 Å². The summed E-state index contributed by atoms with van der Waals surface area (Å²) < 4.78 is 19.7. The summed E-state index contributed by atoms with van der Waals surface area (Å²) in [6, 6.07) is 0. The Labute approximate surface area is 282 Å². The highest BCUT2D eigenvalue weighted by Gasteiger charge is 2.84. The maximum absolute atomic E-state index is 12.4. The molecule has 0 aromatic heterocycles. The summed E-state index contributed by atoms with van der Waals surface area (Å²) in [6.07, 6.45) is 8.38. The van der Waals surface area contributed by atoms with Gasteiger partial charge in [-0.1, -0.05) is 41.5 Å². The summed E-state index contributed by atoms with van der Waals surface area (Å²) in [5, 5.41) is 34.0. The van der Waals surface area contributed by atoms with Crippen molar-refractivity contribution in [3.8, 4) is 0 Å². The number of aliphatic hydroxyl groups is 3. The van der Waals surface area contributed by atoms with Crippen LogP contribution in [-0.4, -0.2) is 95.0 Å². The lowest BCUT2D eigenvalue weighted by Gasteiger charge is -2.64. The molecule has 0 aromatic rings. The molecule has 7 fully saturated rings. The Balaban J connectivity index is 0.00000124. The second kappa shape index (κ2) is 12.1. The van der Waals surface area contributed by atoms with Crippen molar-refractivity contribution in [3.63, 3.8) is 0 Å². The molecule has 7 rings (SSSR count). The van der Waals surface area contributed by atoms with Gasteiger partial charge in [0.25, 0.3) is 0 Å². The maximum Gasteiger partial charge on any atom is 0.373 e. The second-order valence-corrected chi connectivity index (χ2v) is 18.5. The Bertz CT molecular complexity index is 1200. The molecule has 7 aliphatic rings. The highest BCUT2D eigenvalue weighted by Crippen LogP contribution is 2.89. The van der Waals surface area contributed by atoms with Gasteiger partial charge in [-0.3, -0.25) is 4.90 Å². The number of aliphatic hydroxyl groups excluding tert-OH is 2. The van der Waals surface area contributed by atoms with Gasteiger partial charge in [0.2, 0.25) is 0 Å². The van der Waals surface area contributed by atoms with Gasteiger partial charge in [-0.05, 0) is 124 Å². The summed E-state index contributed by atoms with van der Waals surface area (Å²) in [6.45, 7) is 21.5. The smallest absolute Gasteiger partial charge is 0.373 e. The molecular weight excluding hydrogens is 598 g/mol. The number of nitrogens with zero attached hydrogens (tertiary/aromatic N) is 1. The van der Waals surface area contributed by atoms with Crippen LogP contribution in [0.25, 0.3) is 0 Å². The van der Waals surface area contributed by atoms with E-state index in [0.717, 1.165) is 51.9 Å². The van der Waals surface area contributed by atoms with E-state index >= 15 is 0 Å². The van der Waals surface area contributed by atoms with Gasteiger partial charge in [0.15, 0.2) is 6.29 Å². The normalized spacial score (nSPS) is 50.7. The van der Waals surface area contributed by atoms with Crippen LogP contribution in [0.4, 0.5) is 0 Å². The number of hydrogen-bond acceptors (Lipinski definition) is 9. The fourth-order valence-corrected chi connectivity index (χ4v) is 13.7. The van der Waals surface area contributed by atoms with Gasteiger partial charge in [-0.2, -0.15) is 9.59 Å². The van der Waals surface area contributed by atoms with Crippen LogP contribution in [0, 0.1) is 50.7 Å². The van der Waals surface area contributed by atoms with Gasteiger partial charge in [-0.15, -0.1) is 0 Å². The SMILES string of the molecule is CCCN1CCO[C@@H](OC2CC[C@]34C[C@]35CC[C@]3(C)[C@@H]6C(OC([C@H](O)C(C)(C)O)C[C@H]6C)[C@H](O)[C@@]3(C)C5CC[C@H]4C2(C)C)C1.O=C=O. The molecule has 0 amide bonds. The zero-order valence-corrected chi connectivity index (χ0v) is 30.3. The Morgan fingerprint density at radius 3 is 2.36 bits per heavy atom. The molecule has 2 spiro atoms. The monoisotopic (exact) mass is 661 g/mol. The van der Waals surface area contributed by atoms with Crippen molar-refractivity contribution in [3.05, 3.63) is 0 Å². The Kier molecular flexibility index (Phi) is 9.25. The van der Waals surface area contributed by atoms with Crippen molar-refractivity contribution in [2.75, 3.05) is 26.2 Å². The molecule has 4 unspecified atom stereocenters. The third-order valence-corrected chi connectivity index (χ3v) is 15.8. The lowest BCUT2D eigenvalue weighted by molar-refractivity contribution is -0.248. The summed E-state index contributed by atoms with van der Waals surface area (Å²) in [5.41, 5.74) is -0.733. The number of hydrogen-bond donors (Lipinski definition) is 3. The van der Waals surface area contributed by atoms with Crippen LogP contribution in [0.5, 0.6) is 0 Å². The zero-order valence-electron chi connectivity index (χ0n) is 30.3. The van der Waals surface area contributed by atoms with E-state index in [0.29, 0.717) is 28.6 Å². The molecule has 5 aliphatic carbocycles. The van der Waals surface area contributed by atoms with Gasteiger partial charge in [0.1, 0.15) is 6.10 Å². The minimum Gasteiger partial charge on any atom is -0.390 e. The largest absolute Gasteiger partial charge is 0.390 e. The quantitative estimate of drug-likeness (QED) is 0.368. The van der Waals surface area contributed by atoms with Gasteiger partial charge in [-0.25, -0.2) is 0 Å². The van der Waals surface area contributed by atoms with Crippen LogP contribution < -0.4 is 0 Å². The molecular formula is C38H63NO8. The number of rotatable bonds is 6. The molecule has 9 heteroatoms. The first-order chi connectivity index (χ1) is 22.0. The van der Waals surface area contributed by atoms with E-state index in [1.807, 2.05) is 0 Å². The van der Waals surface area contributed by atoms with Gasteiger partial charge in [0, 0.05) is 18.5 Å². The Morgan fingerprint density at radius 1 is 1.04 bits per heavy atom. The summed E-state index contributed by atoms with van der Waals surface area (Å²) in [5.74, 6) is 1.70. The van der Waals surface area contributed by atoms with Gasteiger partial charge >= 0.3 is 6.15 Å². The van der Waals surface area contributed by atoms with E-state index in [-0.39, 0.29) is 46.8 Å². The second-order valence-electron chi connectivity index (χ2n) is 18.5. The minimum absolute atomic E-state index is 0.00773. The fraction of sp³-hybridized carbons (Fsp3) is 0.974. The predicted molar refractivity (Wildman–Crippen MR) is 175 cm³/mol. The molecule has 2 saturated heterocycles. The molecule has 9 nitrogen and oxygen atoms in total. The highest BCUT2D eigenvalue weighted by molar-refractivity contribution is 5.33. The van der Waals surface area contributed by atoms with E-state index in [9.17, 15) is 15.3 Å². The molecule has 2 aliphatic heterocycles. The molecule has 5 saturated carbocycles. The van der Waals surface area contributed by atoms with E-state index in [1.165, 1.54) is 32.1 Å². The molecule has 0 radical (unpaired) electrons. The third-order valence-electron chi connectivity index (χ3n) is 15.8. The van der Waals surface area contributed by atoms with Crippen molar-refractivity contribution in [1.29, 1.82) is 0 Å². The topological polar surface area (TPSA) is 126 Å². The average molecular weight is 662 g/mol. The van der Waals surface area contributed by atoms with Crippen LogP contribution in [0.1, 0.15) is 113 Å². The molecule has 2 heterocycles. The minimum atomic E-state index is -1.24. The van der Waals surface area contributed by atoms with Crippen LogP contribution in [0.15, 0.2) is 0 Å². The van der Waals surface area contributed by atoms with E-state index in [1.54, 1.807) is 13.8 Å². The van der Waals surface area contributed by atoms with Crippen molar-refractivity contribution < 1.29 is 39.1 Å². The first-order valence-electron chi connectivity index (χ1n) is 18.7. The Morgan fingerprint density at radius 2 is 1.70 bits per heavy atom. The van der Waals surface area contributed by atoms with Crippen LogP contribution in [0.2, 0.25) is 0 Å². The summed E-state index contributed by atoms with van der Waals surface area (Å²) in [4.78, 5) is 18.7. The zero-order chi connectivity index (χ0) is 34.4. The highest BCUT2D eigenvalue weighted by atomic mass is 16.7. The predicted octanol–water partition coefficient (Wildman–Crippen LogP) is 4.80. The first kappa shape index (κ1) is 35.9. The van der Waals surface area contributed by atoms with Crippen LogP contribution >= 0.6 is 0 Å². The lowest BCUT2D eigenvalue weighted by atomic mass is 9.41. The molecule has 3 N–H and O–H groups in total. The standard InChI is InChI=1S/C37H63NO6.CO2/c1-9-16-38-17-18-42-27(20-38)44-26-12-13-36-21-37(36)15-14-34(7)28-22(2)19-23(30(39)33(5,6)41)43-29(28)31(40)35(34,8)25(37)11-10-24(36)32(26,3)4;2-1-3/h22-31,39-41H,9-21H2,1-8H3;/t22-,23?,24+,25?,26?,27+,28+,29?,30+,31+,34-,35-,36-,37+;/m1./s1. The molecule has 47 heavy (non-hydrogen) atoms. The van der Waals surface area contributed by atoms with Crippen molar-refractivity contribution in [1.82, 2.24) is 4.90 Å². The molecule has 0 aromatic carbocycles. The summed E-state index contributed by atoms with van der Waals surface area (Å²) >= 11 is 0. The Hall–Kier alpha value is -0.900. The molecule has 0 bridgehead atoms. The van der Waals surface area contributed by atoms with E-state index in [2.05, 4.69) is 46.4 Å². The van der Waals surface area contributed by atoms with Crippen LogP contribution in [0.3, 0.4) is 0 Å². The van der Waals surface area contributed by atoms with E-state index < -0.39 is 23.9 Å². The van der Waals surface area contributed by atoms with Crippen LogP contribution in [-0.2, 0) is 23.8 Å². The molecule has 14 atom stereocenters. The van der Waals surface area contributed by atoms with Crippen molar-refractivity contribution >= 4 is 6.15 Å². The number of morpholine rings is 1. The number of fused-ring (bicyclic) bond motifs is 4. The maximum atomic E-state index is 12.4.